The van der Waals surface area contributed by atoms with Crippen LogP contribution in [0.1, 0.15) is 20.7 Å². The van der Waals surface area contributed by atoms with Gasteiger partial charge >= 0.3 is 0 Å². The Balaban J connectivity index is 1.16. The number of ketones is 1. The molecular weight excluding hydrogens is 406 g/mol. The van der Waals surface area contributed by atoms with Gasteiger partial charge in [0.05, 0.1) is 25.3 Å². The lowest BCUT2D eigenvalue weighted by atomic mass is 10.1. The predicted molar refractivity (Wildman–Crippen MR) is 121 cm³/mol. The normalized spacial score (nSPS) is 17.6. The molecule has 2 fully saturated rings. The van der Waals surface area contributed by atoms with Crippen LogP contribution < -0.4 is 4.90 Å². The van der Waals surface area contributed by atoms with E-state index in [4.69, 9.17) is 4.74 Å². The summed E-state index contributed by atoms with van der Waals surface area (Å²) in [6.45, 7) is 6.18. The fourth-order valence-corrected chi connectivity index (χ4v) is 4.37. The summed E-state index contributed by atoms with van der Waals surface area (Å²) in [6.07, 6.45) is 5.42. The van der Waals surface area contributed by atoms with Crippen molar-refractivity contribution in [1.29, 1.82) is 0 Å². The Bertz CT molecular complexity index is 1100. The zero-order valence-corrected chi connectivity index (χ0v) is 18.0. The SMILES string of the molecule is O=C(CN1CCN(C(=O)c2cccn3ccnc23)CC1)c1ccc(N2CCOCC2)cc1. The van der Waals surface area contributed by atoms with E-state index in [2.05, 4.69) is 14.8 Å². The Kier molecular flexibility index (Phi) is 5.87. The topological polar surface area (TPSA) is 70.4 Å². The van der Waals surface area contributed by atoms with E-state index >= 15 is 0 Å². The number of amides is 1. The maximum absolute atomic E-state index is 13.0. The monoisotopic (exact) mass is 433 g/mol. The molecule has 5 rings (SSSR count). The van der Waals surface area contributed by atoms with Crippen LogP contribution in [0.25, 0.3) is 5.65 Å². The highest BCUT2D eigenvalue weighted by molar-refractivity contribution is 6.00. The molecule has 2 saturated heterocycles. The minimum absolute atomic E-state index is 0.00789. The Morgan fingerprint density at radius 2 is 1.66 bits per heavy atom. The quantitative estimate of drug-likeness (QED) is 0.572. The van der Waals surface area contributed by atoms with Crippen molar-refractivity contribution in [3.8, 4) is 0 Å². The number of aromatic nitrogens is 2. The molecule has 4 heterocycles. The van der Waals surface area contributed by atoms with Gasteiger partial charge in [-0.25, -0.2) is 4.98 Å². The van der Waals surface area contributed by atoms with Gasteiger partial charge in [-0.15, -0.1) is 0 Å². The van der Waals surface area contributed by atoms with Gasteiger partial charge in [-0.05, 0) is 36.4 Å². The van der Waals surface area contributed by atoms with Gasteiger partial charge < -0.3 is 18.9 Å². The fraction of sp³-hybridized carbons (Fsp3) is 0.375. The number of carbonyl (C=O) groups excluding carboxylic acids is 2. The number of hydrogen-bond donors (Lipinski definition) is 0. The number of rotatable bonds is 5. The smallest absolute Gasteiger partial charge is 0.257 e. The molecule has 3 aromatic rings. The summed E-state index contributed by atoms with van der Waals surface area (Å²) in [6, 6.07) is 11.6. The third-order valence-electron chi connectivity index (χ3n) is 6.24. The van der Waals surface area contributed by atoms with E-state index < -0.39 is 0 Å². The number of ether oxygens (including phenoxy) is 1. The van der Waals surface area contributed by atoms with Crippen LogP contribution in [-0.4, -0.2) is 89.9 Å². The number of pyridine rings is 1. The van der Waals surface area contributed by atoms with Crippen molar-refractivity contribution >= 4 is 23.0 Å². The average Bonchev–Trinajstić information content (AvgIpc) is 3.34. The Morgan fingerprint density at radius 3 is 2.41 bits per heavy atom. The molecule has 8 heteroatoms. The molecule has 0 bridgehead atoms. The highest BCUT2D eigenvalue weighted by Crippen LogP contribution is 2.18. The van der Waals surface area contributed by atoms with Crippen LogP contribution >= 0.6 is 0 Å². The van der Waals surface area contributed by atoms with Gasteiger partial charge in [0, 0.05) is 69.1 Å². The summed E-state index contributed by atoms with van der Waals surface area (Å²) < 4.78 is 7.25. The van der Waals surface area contributed by atoms with E-state index in [0.717, 1.165) is 37.6 Å². The van der Waals surface area contributed by atoms with E-state index in [1.165, 1.54) is 0 Å². The molecule has 2 aliphatic rings. The van der Waals surface area contributed by atoms with Crippen LogP contribution in [0.15, 0.2) is 55.0 Å². The zero-order chi connectivity index (χ0) is 21.9. The lowest BCUT2D eigenvalue weighted by Gasteiger charge is -2.34. The number of Topliss-reactive ketones (excluding diaryl/α,β-unsaturated/α-hetero) is 1. The van der Waals surface area contributed by atoms with Crippen molar-refractivity contribution in [2.75, 3.05) is 63.9 Å². The van der Waals surface area contributed by atoms with Crippen LogP contribution in [0.2, 0.25) is 0 Å². The second-order valence-corrected chi connectivity index (χ2v) is 8.22. The molecule has 166 valence electrons. The number of hydrogen-bond acceptors (Lipinski definition) is 6. The number of benzene rings is 1. The molecule has 0 N–H and O–H groups in total. The van der Waals surface area contributed by atoms with Crippen LogP contribution in [0, 0.1) is 0 Å². The van der Waals surface area contributed by atoms with Gasteiger partial charge in [-0.2, -0.15) is 0 Å². The van der Waals surface area contributed by atoms with Gasteiger partial charge in [-0.3, -0.25) is 14.5 Å². The summed E-state index contributed by atoms with van der Waals surface area (Å²) in [5.74, 6) is 0.104. The number of carbonyl (C=O) groups is 2. The van der Waals surface area contributed by atoms with Crippen LogP contribution in [0.4, 0.5) is 5.69 Å². The van der Waals surface area contributed by atoms with Gasteiger partial charge in [0.15, 0.2) is 5.78 Å². The van der Waals surface area contributed by atoms with E-state index in [0.29, 0.717) is 43.9 Å². The largest absolute Gasteiger partial charge is 0.378 e. The standard InChI is InChI=1S/C24H27N5O3/c30-22(19-3-5-20(6-4-19)27-14-16-32-17-15-27)18-26-10-12-29(13-11-26)24(31)21-2-1-8-28-9-7-25-23(21)28/h1-9H,10-18H2. The molecule has 32 heavy (non-hydrogen) atoms. The second kappa shape index (κ2) is 9.10. The molecule has 1 aromatic carbocycles. The van der Waals surface area contributed by atoms with E-state index in [1.54, 1.807) is 6.20 Å². The van der Waals surface area contributed by atoms with Gasteiger partial charge in [0.25, 0.3) is 5.91 Å². The third-order valence-corrected chi connectivity index (χ3v) is 6.24. The van der Waals surface area contributed by atoms with E-state index in [1.807, 2.05) is 58.1 Å². The number of piperazine rings is 1. The highest BCUT2D eigenvalue weighted by atomic mass is 16.5. The first-order valence-corrected chi connectivity index (χ1v) is 11.1. The zero-order valence-electron chi connectivity index (χ0n) is 18.0. The fourth-order valence-electron chi connectivity index (χ4n) is 4.37. The first-order chi connectivity index (χ1) is 15.7. The van der Waals surface area contributed by atoms with Crippen LogP contribution in [0.5, 0.6) is 0 Å². The minimum Gasteiger partial charge on any atom is -0.378 e. The maximum Gasteiger partial charge on any atom is 0.257 e. The molecule has 0 aliphatic carbocycles. The lowest BCUT2D eigenvalue weighted by Crippen LogP contribution is -2.50. The number of imidazole rings is 1. The summed E-state index contributed by atoms with van der Waals surface area (Å²) in [5, 5.41) is 0. The number of nitrogens with zero attached hydrogens (tertiary/aromatic N) is 5. The van der Waals surface area contributed by atoms with Gasteiger partial charge in [0.1, 0.15) is 5.65 Å². The molecular formula is C24H27N5O3. The summed E-state index contributed by atoms with van der Waals surface area (Å²) in [7, 11) is 0. The van der Waals surface area contributed by atoms with Crippen LogP contribution in [0.3, 0.4) is 0 Å². The van der Waals surface area contributed by atoms with Gasteiger partial charge in [0.2, 0.25) is 0 Å². The summed E-state index contributed by atoms with van der Waals surface area (Å²) in [5.41, 5.74) is 3.15. The van der Waals surface area contributed by atoms with Gasteiger partial charge in [-0.1, -0.05) is 0 Å². The minimum atomic E-state index is -0.00789. The van der Waals surface area contributed by atoms with Crippen molar-refractivity contribution in [2.45, 2.75) is 0 Å². The first-order valence-electron chi connectivity index (χ1n) is 11.1. The Hall–Kier alpha value is -3.23. The van der Waals surface area contributed by atoms with Crippen molar-refractivity contribution in [1.82, 2.24) is 19.2 Å². The number of anilines is 1. The predicted octanol–water partition coefficient (Wildman–Crippen LogP) is 1.81. The second-order valence-electron chi connectivity index (χ2n) is 8.22. The maximum atomic E-state index is 13.0. The highest BCUT2D eigenvalue weighted by Gasteiger charge is 2.25. The third kappa shape index (κ3) is 4.24. The lowest BCUT2D eigenvalue weighted by molar-refractivity contribution is 0.0625. The average molecular weight is 434 g/mol. The van der Waals surface area contributed by atoms with Crippen molar-refractivity contribution < 1.29 is 14.3 Å². The molecule has 8 nitrogen and oxygen atoms in total. The van der Waals surface area contributed by atoms with Crippen molar-refractivity contribution in [3.63, 3.8) is 0 Å². The first kappa shape index (κ1) is 20.7. The summed E-state index contributed by atoms with van der Waals surface area (Å²) in [4.78, 5) is 36.3. The van der Waals surface area contributed by atoms with E-state index in [-0.39, 0.29) is 11.7 Å². The molecule has 2 aromatic heterocycles. The number of fused-ring (bicyclic) bond motifs is 1. The molecule has 0 saturated carbocycles. The summed E-state index contributed by atoms with van der Waals surface area (Å²) >= 11 is 0. The Morgan fingerprint density at radius 1 is 0.906 bits per heavy atom. The van der Waals surface area contributed by atoms with E-state index in [9.17, 15) is 9.59 Å². The molecule has 0 atom stereocenters. The Labute approximate surface area is 187 Å². The molecule has 1 amide bonds. The van der Waals surface area contributed by atoms with Crippen LogP contribution in [-0.2, 0) is 4.74 Å². The van der Waals surface area contributed by atoms with Crippen molar-refractivity contribution in [2.24, 2.45) is 0 Å². The molecule has 0 radical (unpaired) electrons. The molecule has 0 spiro atoms. The molecule has 2 aliphatic heterocycles. The van der Waals surface area contributed by atoms with Crippen molar-refractivity contribution in [3.05, 3.63) is 66.1 Å². The number of morpholine rings is 1. The molecule has 0 unspecified atom stereocenters.